The molecule has 2 aliphatic rings. The van der Waals surface area contributed by atoms with Crippen molar-refractivity contribution in [3.05, 3.63) is 57.8 Å². The number of piperidine rings is 1. The highest BCUT2D eigenvalue weighted by Crippen LogP contribution is 2.49. The van der Waals surface area contributed by atoms with Crippen molar-refractivity contribution in [3.8, 4) is 0 Å². The molecule has 0 radical (unpaired) electrons. The molecule has 1 amide bonds. The number of hydrogen-bond acceptors (Lipinski definition) is 6. The number of imidazole rings is 1. The van der Waals surface area contributed by atoms with Gasteiger partial charge in [0.1, 0.15) is 15.7 Å². The van der Waals surface area contributed by atoms with Gasteiger partial charge in [-0.15, -0.1) is 0 Å². The van der Waals surface area contributed by atoms with Crippen molar-refractivity contribution >= 4 is 55.7 Å². The lowest BCUT2D eigenvalue weighted by molar-refractivity contribution is -0.125. The average molecular weight is 594 g/mol. The second-order valence-electron chi connectivity index (χ2n) is 11.5. The van der Waals surface area contributed by atoms with E-state index in [0.717, 1.165) is 16.8 Å². The summed E-state index contributed by atoms with van der Waals surface area (Å²) in [5.41, 5.74) is 1.82. The molecule has 1 N–H and O–H groups in total. The SMILES string of the molecule is CC(C)(O)CN1CCC2(CC1)C(=O)N(Cc1nc3cc(Cl)ccc3n1CCCS(C)(=O)=O)c1ccc(Cl)cc12. The largest absolute Gasteiger partial charge is 0.389 e. The van der Waals surface area contributed by atoms with Gasteiger partial charge in [0, 0.05) is 35.1 Å². The van der Waals surface area contributed by atoms with E-state index in [9.17, 15) is 18.3 Å². The number of carbonyl (C=O) groups excluding carboxylic acids is 1. The zero-order chi connectivity index (χ0) is 28.2. The Balaban J connectivity index is 1.48. The van der Waals surface area contributed by atoms with Crippen molar-refractivity contribution in [2.45, 2.75) is 57.2 Å². The number of aromatic nitrogens is 2. The van der Waals surface area contributed by atoms with Gasteiger partial charge in [-0.3, -0.25) is 4.79 Å². The van der Waals surface area contributed by atoms with Crippen LogP contribution in [-0.4, -0.2) is 71.1 Å². The van der Waals surface area contributed by atoms with Crippen LogP contribution in [0.25, 0.3) is 11.0 Å². The van der Waals surface area contributed by atoms with Gasteiger partial charge in [-0.2, -0.15) is 0 Å². The Morgan fingerprint density at radius 2 is 1.74 bits per heavy atom. The van der Waals surface area contributed by atoms with Gasteiger partial charge in [0.25, 0.3) is 0 Å². The van der Waals surface area contributed by atoms with E-state index in [4.69, 9.17) is 28.2 Å². The van der Waals surface area contributed by atoms with E-state index in [-0.39, 0.29) is 18.2 Å². The number of anilines is 1. The maximum atomic E-state index is 14.3. The molecule has 39 heavy (non-hydrogen) atoms. The standard InChI is InChI=1S/C28H34Cl2N4O4S/c1-27(2,36)18-32-12-9-28(10-13-32)21-15-19(29)5-7-23(21)34(26(28)35)17-25-31-22-16-20(30)6-8-24(22)33(25)11-4-14-39(3,37)38/h5-8,15-16,36H,4,9-14,17-18H2,1-3H3. The van der Waals surface area contributed by atoms with Crippen molar-refractivity contribution in [2.24, 2.45) is 0 Å². The van der Waals surface area contributed by atoms with Crippen molar-refractivity contribution in [3.63, 3.8) is 0 Å². The molecule has 1 fully saturated rings. The van der Waals surface area contributed by atoms with Gasteiger partial charge in [-0.25, -0.2) is 13.4 Å². The molecule has 210 valence electrons. The summed E-state index contributed by atoms with van der Waals surface area (Å²) in [7, 11) is -3.11. The smallest absolute Gasteiger partial charge is 0.238 e. The van der Waals surface area contributed by atoms with E-state index < -0.39 is 20.9 Å². The van der Waals surface area contributed by atoms with Crippen LogP contribution in [0.2, 0.25) is 10.0 Å². The number of β-amino-alcohol motifs (C(OH)–C–C–N with tert-alkyl or cyclic N) is 1. The van der Waals surface area contributed by atoms with Crippen LogP contribution >= 0.6 is 23.2 Å². The number of aliphatic hydroxyl groups is 1. The molecule has 1 spiro atoms. The highest BCUT2D eigenvalue weighted by atomic mass is 35.5. The molecule has 0 aliphatic carbocycles. The van der Waals surface area contributed by atoms with E-state index >= 15 is 0 Å². The maximum Gasteiger partial charge on any atom is 0.238 e. The first kappa shape index (κ1) is 28.4. The van der Waals surface area contributed by atoms with Crippen molar-refractivity contribution in [1.29, 1.82) is 0 Å². The molecule has 0 saturated carbocycles. The summed E-state index contributed by atoms with van der Waals surface area (Å²) in [6.45, 7) is 6.22. The number of rotatable bonds is 8. The van der Waals surface area contributed by atoms with Crippen LogP contribution in [-0.2, 0) is 33.1 Å². The van der Waals surface area contributed by atoms with E-state index in [1.165, 1.54) is 6.26 Å². The van der Waals surface area contributed by atoms with Crippen molar-refractivity contribution in [2.75, 3.05) is 36.5 Å². The third-order valence-corrected chi connectivity index (χ3v) is 9.23. The minimum Gasteiger partial charge on any atom is -0.389 e. The van der Waals surface area contributed by atoms with Crippen LogP contribution in [0, 0.1) is 0 Å². The average Bonchev–Trinajstić information content (AvgIpc) is 3.27. The van der Waals surface area contributed by atoms with Gasteiger partial charge in [-0.1, -0.05) is 23.2 Å². The third-order valence-electron chi connectivity index (χ3n) is 7.73. The predicted molar refractivity (Wildman–Crippen MR) is 155 cm³/mol. The van der Waals surface area contributed by atoms with E-state index in [1.54, 1.807) is 36.9 Å². The van der Waals surface area contributed by atoms with Gasteiger partial charge >= 0.3 is 0 Å². The lowest BCUT2D eigenvalue weighted by Crippen LogP contribution is -2.51. The molecule has 3 aromatic rings. The number of benzene rings is 2. The molecule has 3 heterocycles. The summed E-state index contributed by atoms with van der Waals surface area (Å²) in [5, 5.41) is 11.4. The zero-order valence-electron chi connectivity index (χ0n) is 22.5. The van der Waals surface area contributed by atoms with Crippen LogP contribution < -0.4 is 4.90 Å². The summed E-state index contributed by atoms with van der Waals surface area (Å²) in [4.78, 5) is 23.1. The van der Waals surface area contributed by atoms with E-state index in [2.05, 4.69) is 4.90 Å². The maximum absolute atomic E-state index is 14.3. The molecule has 1 aromatic heterocycles. The summed E-state index contributed by atoms with van der Waals surface area (Å²) < 4.78 is 25.6. The summed E-state index contributed by atoms with van der Waals surface area (Å²) in [5.74, 6) is 0.760. The number of nitrogens with zero attached hydrogens (tertiary/aromatic N) is 4. The highest BCUT2D eigenvalue weighted by molar-refractivity contribution is 7.90. The fourth-order valence-electron chi connectivity index (χ4n) is 6.04. The van der Waals surface area contributed by atoms with Gasteiger partial charge in [0.2, 0.25) is 5.91 Å². The fraction of sp³-hybridized carbons (Fsp3) is 0.500. The number of carbonyl (C=O) groups is 1. The highest BCUT2D eigenvalue weighted by Gasteiger charge is 2.52. The second kappa shape index (κ2) is 10.3. The van der Waals surface area contributed by atoms with E-state index in [0.29, 0.717) is 66.8 Å². The molecule has 2 aromatic carbocycles. The number of amides is 1. The number of aryl methyl sites for hydroxylation is 1. The molecule has 2 aliphatic heterocycles. The Morgan fingerprint density at radius 1 is 1.08 bits per heavy atom. The minimum atomic E-state index is -3.11. The van der Waals surface area contributed by atoms with Crippen molar-refractivity contribution < 1.29 is 18.3 Å². The van der Waals surface area contributed by atoms with Gasteiger partial charge < -0.3 is 19.5 Å². The van der Waals surface area contributed by atoms with Gasteiger partial charge in [-0.05, 0) is 88.2 Å². The predicted octanol–water partition coefficient (Wildman–Crippen LogP) is 4.43. The summed E-state index contributed by atoms with van der Waals surface area (Å²) in [6, 6.07) is 11.1. The Bertz CT molecular complexity index is 1520. The summed E-state index contributed by atoms with van der Waals surface area (Å²) >= 11 is 12.7. The Hall–Kier alpha value is -2.17. The Labute approximate surface area is 239 Å². The number of halogens is 2. The molecule has 0 bridgehead atoms. The number of likely N-dealkylation sites (tertiary alicyclic amines) is 1. The second-order valence-corrected chi connectivity index (χ2v) is 14.7. The topological polar surface area (TPSA) is 95.7 Å². The first-order valence-electron chi connectivity index (χ1n) is 13.1. The molecule has 1 saturated heterocycles. The monoisotopic (exact) mass is 592 g/mol. The van der Waals surface area contributed by atoms with Gasteiger partial charge in [0.15, 0.2) is 0 Å². The summed E-state index contributed by atoms with van der Waals surface area (Å²) in [6.07, 6.45) is 2.93. The molecular weight excluding hydrogens is 559 g/mol. The molecular formula is C28H34Cl2N4O4S. The Kier molecular flexibility index (Phi) is 7.52. The van der Waals surface area contributed by atoms with Crippen molar-refractivity contribution in [1.82, 2.24) is 14.5 Å². The quantitative estimate of drug-likeness (QED) is 0.416. The molecule has 0 atom stereocenters. The number of hydrogen-bond donors (Lipinski definition) is 1. The first-order valence-corrected chi connectivity index (χ1v) is 16.0. The fourth-order valence-corrected chi connectivity index (χ4v) is 7.03. The third kappa shape index (κ3) is 5.84. The first-order chi connectivity index (χ1) is 18.3. The van der Waals surface area contributed by atoms with Crippen LogP contribution in [0.5, 0.6) is 0 Å². The van der Waals surface area contributed by atoms with Crippen LogP contribution in [0.3, 0.4) is 0 Å². The molecule has 11 heteroatoms. The lowest BCUT2D eigenvalue weighted by Gasteiger charge is -2.40. The van der Waals surface area contributed by atoms with Gasteiger partial charge in [0.05, 0.1) is 34.3 Å². The normalized spacial score (nSPS) is 17.9. The zero-order valence-corrected chi connectivity index (χ0v) is 24.8. The minimum absolute atomic E-state index is 0.0236. The molecule has 8 nitrogen and oxygen atoms in total. The number of sulfone groups is 1. The Morgan fingerprint density at radius 3 is 2.41 bits per heavy atom. The molecule has 0 unspecified atom stereocenters. The lowest BCUT2D eigenvalue weighted by atomic mass is 9.73. The number of fused-ring (bicyclic) bond motifs is 3. The van der Waals surface area contributed by atoms with Crippen LogP contribution in [0.4, 0.5) is 5.69 Å². The van der Waals surface area contributed by atoms with Crippen LogP contribution in [0.1, 0.15) is 44.5 Å². The van der Waals surface area contributed by atoms with Crippen LogP contribution in [0.15, 0.2) is 36.4 Å². The van der Waals surface area contributed by atoms with E-state index in [1.807, 2.05) is 22.8 Å². The molecule has 5 rings (SSSR count).